The largest absolute Gasteiger partial charge is 0.390 e. The Balaban J connectivity index is 2.70. The molecule has 1 rings (SSSR count). The molecule has 0 spiro atoms. The molecular formula is C7H12O4. The van der Waals surface area contributed by atoms with Gasteiger partial charge in [-0.3, -0.25) is 4.79 Å². The van der Waals surface area contributed by atoms with Gasteiger partial charge in [0.2, 0.25) is 0 Å². The fraction of sp³-hybridized carbons (Fsp3) is 0.857. The van der Waals surface area contributed by atoms with Crippen LogP contribution in [0, 0.1) is 5.92 Å². The predicted molar refractivity (Wildman–Crippen MR) is 36.8 cm³/mol. The molecule has 11 heavy (non-hydrogen) atoms. The van der Waals surface area contributed by atoms with Gasteiger partial charge < -0.3 is 15.3 Å². The van der Waals surface area contributed by atoms with Gasteiger partial charge in [-0.25, -0.2) is 0 Å². The van der Waals surface area contributed by atoms with E-state index in [1.165, 1.54) is 0 Å². The fourth-order valence-corrected chi connectivity index (χ4v) is 1.29. The average Bonchev–Trinajstić information content (AvgIpc) is 1.97. The van der Waals surface area contributed by atoms with Crippen molar-refractivity contribution in [3.63, 3.8) is 0 Å². The minimum Gasteiger partial charge on any atom is -0.390 e. The highest BCUT2D eigenvalue weighted by Crippen LogP contribution is 2.21. The molecule has 1 aliphatic rings. The summed E-state index contributed by atoms with van der Waals surface area (Å²) in [5.74, 6) is -0.744. The number of hydrogen-bond donors (Lipinski definition) is 3. The lowest BCUT2D eigenvalue weighted by molar-refractivity contribution is -0.152. The van der Waals surface area contributed by atoms with E-state index in [2.05, 4.69) is 0 Å². The molecule has 0 aromatic carbocycles. The van der Waals surface area contributed by atoms with E-state index in [0.717, 1.165) is 0 Å². The first-order valence-electron chi connectivity index (χ1n) is 3.62. The first-order chi connectivity index (χ1) is 5.04. The van der Waals surface area contributed by atoms with E-state index in [4.69, 9.17) is 15.3 Å². The third kappa shape index (κ3) is 1.42. The van der Waals surface area contributed by atoms with Gasteiger partial charge in [0, 0.05) is 5.92 Å². The van der Waals surface area contributed by atoms with Gasteiger partial charge in [0.1, 0.15) is 12.2 Å². The summed E-state index contributed by atoms with van der Waals surface area (Å²) in [7, 11) is 0. The van der Waals surface area contributed by atoms with E-state index in [-0.39, 0.29) is 18.1 Å². The molecule has 1 fully saturated rings. The molecule has 64 valence electrons. The van der Waals surface area contributed by atoms with Crippen molar-refractivity contribution in [2.75, 3.05) is 0 Å². The molecule has 4 nitrogen and oxygen atoms in total. The Morgan fingerprint density at radius 1 is 1.36 bits per heavy atom. The van der Waals surface area contributed by atoms with Crippen molar-refractivity contribution in [3.05, 3.63) is 0 Å². The van der Waals surface area contributed by atoms with Crippen LogP contribution < -0.4 is 0 Å². The van der Waals surface area contributed by atoms with Crippen molar-refractivity contribution in [2.24, 2.45) is 5.92 Å². The molecule has 0 aliphatic heterocycles. The number of ketones is 1. The van der Waals surface area contributed by atoms with E-state index in [9.17, 15) is 4.79 Å². The Hall–Kier alpha value is -0.450. The van der Waals surface area contributed by atoms with Crippen LogP contribution in [0.25, 0.3) is 0 Å². The number of carbonyl (C=O) groups excluding carboxylic acids is 1. The maximum atomic E-state index is 11.0. The van der Waals surface area contributed by atoms with Crippen LogP contribution >= 0.6 is 0 Å². The molecule has 0 radical (unpaired) electrons. The second-order valence-corrected chi connectivity index (χ2v) is 3.04. The molecular weight excluding hydrogens is 148 g/mol. The van der Waals surface area contributed by atoms with E-state index in [1.54, 1.807) is 6.92 Å². The number of rotatable bonds is 0. The summed E-state index contributed by atoms with van der Waals surface area (Å²) in [6.45, 7) is 1.63. The van der Waals surface area contributed by atoms with Crippen molar-refractivity contribution in [2.45, 2.75) is 31.7 Å². The van der Waals surface area contributed by atoms with Gasteiger partial charge in [-0.2, -0.15) is 0 Å². The molecule has 3 N–H and O–H groups in total. The van der Waals surface area contributed by atoms with Crippen LogP contribution in [0.1, 0.15) is 13.3 Å². The minimum absolute atomic E-state index is 0.233. The second-order valence-electron chi connectivity index (χ2n) is 3.04. The van der Waals surface area contributed by atoms with Gasteiger partial charge in [0.15, 0.2) is 5.78 Å². The number of carbonyl (C=O) groups is 1. The molecule has 0 amide bonds. The molecule has 0 heterocycles. The van der Waals surface area contributed by atoms with E-state index in [1.807, 2.05) is 0 Å². The molecule has 1 unspecified atom stereocenters. The van der Waals surface area contributed by atoms with Gasteiger partial charge in [-0.1, -0.05) is 6.92 Å². The molecule has 0 bridgehead atoms. The van der Waals surface area contributed by atoms with Crippen molar-refractivity contribution in [1.29, 1.82) is 0 Å². The molecule has 0 saturated heterocycles. The fourth-order valence-electron chi connectivity index (χ4n) is 1.29. The summed E-state index contributed by atoms with van der Waals surface area (Å²) in [6, 6.07) is 0. The maximum Gasteiger partial charge on any atom is 0.166 e. The summed E-state index contributed by atoms with van der Waals surface area (Å²) in [5.41, 5.74) is 0. The lowest BCUT2D eigenvalue weighted by atomic mass is 9.83. The zero-order valence-corrected chi connectivity index (χ0v) is 6.27. The Morgan fingerprint density at radius 3 is 2.45 bits per heavy atom. The number of aliphatic hydroxyl groups excluding tert-OH is 3. The topological polar surface area (TPSA) is 77.8 Å². The van der Waals surface area contributed by atoms with Gasteiger partial charge in [-0.15, -0.1) is 0 Å². The first-order valence-corrected chi connectivity index (χ1v) is 3.62. The number of aliphatic hydroxyl groups is 3. The predicted octanol–water partition coefficient (Wildman–Crippen LogP) is -1.32. The van der Waals surface area contributed by atoms with Crippen molar-refractivity contribution >= 4 is 5.78 Å². The standard InChI is InChI=1S/C7H12O4/c1-3-2-4(8)6(10)7(11)5(3)9/h3-4,6-8,10-11H,2H2,1H3/t3?,4-,6-,7-/m1/s1. The quantitative estimate of drug-likeness (QED) is 0.410. The number of Topliss-reactive ketones (excluding diaryl/α,β-unsaturated/α-hetero) is 1. The van der Waals surface area contributed by atoms with Crippen LogP contribution in [0.3, 0.4) is 0 Å². The van der Waals surface area contributed by atoms with Crippen LogP contribution in [-0.2, 0) is 4.79 Å². The monoisotopic (exact) mass is 160 g/mol. The Bertz CT molecular complexity index is 168. The van der Waals surface area contributed by atoms with Gasteiger partial charge in [0.25, 0.3) is 0 Å². The van der Waals surface area contributed by atoms with Crippen LogP contribution in [0.2, 0.25) is 0 Å². The van der Waals surface area contributed by atoms with E-state index in [0.29, 0.717) is 0 Å². The Labute approximate surface area is 64.5 Å². The van der Waals surface area contributed by atoms with Crippen LogP contribution in [0.5, 0.6) is 0 Å². The lowest BCUT2D eigenvalue weighted by Gasteiger charge is -2.30. The Morgan fingerprint density at radius 2 is 1.91 bits per heavy atom. The smallest absolute Gasteiger partial charge is 0.166 e. The van der Waals surface area contributed by atoms with Crippen LogP contribution in [0.15, 0.2) is 0 Å². The summed E-state index contributed by atoms with van der Waals surface area (Å²) in [5, 5.41) is 27.1. The van der Waals surface area contributed by atoms with Gasteiger partial charge in [-0.05, 0) is 6.42 Å². The summed E-state index contributed by atoms with van der Waals surface area (Å²) >= 11 is 0. The van der Waals surface area contributed by atoms with E-state index >= 15 is 0 Å². The normalized spacial score (nSPS) is 46.0. The van der Waals surface area contributed by atoms with Gasteiger partial charge >= 0.3 is 0 Å². The molecule has 0 aromatic rings. The highest BCUT2D eigenvalue weighted by atomic mass is 16.4. The van der Waals surface area contributed by atoms with Crippen LogP contribution in [0.4, 0.5) is 0 Å². The highest BCUT2D eigenvalue weighted by molar-refractivity contribution is 5.86. The zero-order chi connectivity index (χ0) is 8.59. The first kappa shape index (κ1) is 8.64. The molecule has 1 aliphatic carbocycles. The van der Waals surface area contributed by atoms with E-state index < -0.39 is 18.3 Å². The average molecular weight is 160 g/mol. The molecule has 0 aromatic heterocycles. The van der Waals surface area contributed by atoms with Crippen molar-refractivity contribution in [3.8, 4) is 0 Å². The lowest BCUT2D eigenvalue weighted by Crippen LogP contribution is -2.50. The molecule has 4 heteroatoms. The highest BCUT2D eigenvalue weighted by Gasteiger charge is 2.39. The van der Waals surface area contributed by atoms with Crippen LogP contribution in [-0.4, -0.2) is 39.4 Å². The third-order valence-electron chi connectivity index (χ3n) is 2.09. The molecule has 4 atom stereocenters. The van der Waals surface area contributed by atoms with Crippen molar-refractivity contribution in [1.82, 2.24) is 0 Å². The third-order valence-corrected chi connectivity index (χ3v) is 2.09. The summed E-state index contributed by atoms with van der Waals surface area (Å²) < 4.78 is 0. The Kier molecular flexibility index (Phi) is 2.27. The summed E-state index contributed by atoms with van der Waals surface area (Å²) in [6.07, 6.45) is -3.46. The molecule has 1 saturated carbocycles. The van der Waals surface area contributed by atoms with Gasteiger partial charge in [0.05, 0.1) is 6.10 Å². The van der Waals surface area contributed by atoms with Crippen molar-refractivity contribution < 1.29 is 20.1 Å². The zero-order valence-electron chi connectivity index (χ0n) is 6.27. The number of hydrogen-bond acceptors (Lipinski definition) is 4. The summed E-state index contributed by atoms with van der Waals surface area (Å²) in [4.78, 5) is 11.0. The SMILES string of the molecule is CC1C[C@@H](O)[C@@H](O)[C@H](O)C1=O. The second kappa shape index (κ2) is 2.89. The minimum atomic E-state index is -1.41. The maximum absolute atomic E-state index is 11.0.